The van der Waals surface area contributed by atoms with Gasteiger partial charge in [0.2, 0.25) is 5.88 Å². The van der Waals surface area contributed by atoms with Crippen LogP contribution in [0.1, 0.15) is 26.5 Å². The first-order valence-corrected chi connectivity index (χ1v) is 9.81. The Labute approximate surface area is 179 Å². The Bertz CT molecular complexity index is 1250. The normalized spacial score (nSPS) is 10.6. The molecule has 0 fully saturated rings. The second kappa shape index (κ2) is 8.71. The van der Waals surface area contributed by atoms with E-state index in [4.69, 9.17) is 4.74 Å². The number of aromatic amines is 1. The molecule has 156 valence electrons. The maximum Gasteiger partial charge on any atom is 0.267 e. The summed E-state index contributed by atoms with van der Waals surface area (Å²) in [6.07, 6.45) is 0. The van der Waals surface area contributed by atoms with Crippen LogP contribution >= 0.6 is 0 Å². The number of fused-ring (bicyclic) bond motifs is 1. The number of carbonyl (C=O) groups is 2. The summed E-state index contributed by atoms with van der Waals surface area (Å²) >= 11 is 0. The van der Waals surface area contributed by atoms with E-state index in [1.54, 1.807) is 32.4 Å². The summed E-state index contributed by atoms with van der Waals surface area (Å²) in [5.74, 6) is 0.159. The van der Waals surface area contributed by atoms with Crippen LogP contribution in [0.15, 0.2) is 66.7 Å². The van der Waals surface area contributed by atoms with Crippen molar-refractivity contribution in [2.45, 2.75) is 6.54 Å². The van der Waals surface area contributed by atoms with Gasteiger partial charge >= 0.3 is 0 Å². The van der Waals surface area contributed by atoms with Crippen molar-refractivity contribution >= 4 is 22.7 Å². The quantitative estimate of drug-likeness (QED) is 0.450. The number of H-pyrrole nitrogens is 1. The van der Waals surface area contributed by atoms with E-state index < -0.39 is 0 Å². The fourth-order valence-electron chi connectivity index (χ4n) is 3.41. The number of nitrogens with one attached hydrogen (secondary N) is 3. The van der Waals surface area contributed by atoms with Crippen molar-refractivity contribution in [1.29, 1.82) is 0 Å². The summed E-state index contributed by atoms with van der Waals surface area (Å²) in [6.45, 7) is 0.308. The molecule has 31 heavy (non-hydrogen) atoms. The highest BCUT2D eigenvalue weighted by atomic mass is 16.5. The molecule has 7 heteroatoms. The van der Waals surface area contributed by atoms with Crippen LogP contribution in [0.2, 0.25) is 0 Å². The van der Waals surface area contributed by atoms with E-state index in [-0.39, 0.29) is 11.8 Å². The lowest BCUT2D eigenvalue weighted by Crippen LogP contribution is -2.23. The van der Waals surface area contributed by atoms with Crippen molar-refractivity contribution in [2.75, 3.05) is 14.2 Å². The molecule has 7 nitrogen and oxygen atoms in total. The van der Waals surface area contributed by atoms with Crippen molar-refractivity contribution in [3.8, 4) is 17.0 Å². The third-order valence-corrected chi connectivity index (χ3v) is 5.01. The summed E-state index contributed by atoms with van der Waals surface area (Å²) in [4.78, 5) is 31.9. The Morgan fingerprint density at radius 1 is 1.00 bits per heavy atom. The Balaban J connectivity index is 1.52. The van der Waals surface area contributed by atoms with Gasteiger partial charge in [-0.3, -0.25) is 9.59 Å². The fourth-order valence-corrected chi connectivity index (χ4v) is 3.41. The lowest BCUT2D eigenvalue weighted by molar-refractivity contribution is 0.0945. The second-order valence-electron chi connectivity index (χ2n) is 6.96. The van der Waals surface area contributed by atoms with Gasteiger partial charge in [-0.1, -0.05) is 30.3 Å². The molecule has 2 aromatic heterocycles. The zero-order valence-corrected chi connectivity index (χ0v) is 17.2. The number of methoxy groups -OCH3 is 1. The summed E-state index contributed by atoms with van der Waals surface area (Å²) < 4.78 is 5.10. The molecule has 0 aliphatic rings. The van der Waals surface area contributed by atoms with Gasteiger partial charge in [0, 0.05) is 29.6 Å². The summed E-state index contributed by atoms with van der Waals surface area (Å²) in [6, 6.07) is 20.5. The number of pyridine rings is 1. The molecular weight excluding hydrogens is 392 g/mol. The first-order chi connectivity index (χ1) is 15.1. The number of rotatable bonds is 6. The zero-order chi connectivity index (χ0) is 21.8. The van der Waals surface area contributed by atoms with Crippen LogP contribution in [0.5, 0.6) is 5.88 Å². The van der Waals surface area contributed by atoms with E-state index in [1.165, 1.54) is 0 Å². The number of carbonyl (C=O) groups excluding carboxylic acids is 2. The van der Waals surface area contributed by atoms with Gasteiger partial charge in [0.15, 0.2) is 0 Å². The van der Waals surface area contributed by atoms with Crippen molar-refractivity contribution in [3.05, 3.63) is 83.7 Å². The van der Waals surface area contributed by atoms with Crippen LogP contribution in [0, 0.1) is 0 Å². The van der Waals surface area contributed by atoms with Crippen LogP contribution in [-0.2, 0) is 6.54 Å². The SMILES string of the molecule is CNC(=O)c1cc2c(-c3ccc(C(=O)NCc4cccc(OC)n4)cc3)cccc2[nH]1. The maximum absolute atomic E-state index is 12.5. The number of nitrogens with zero attached hydrogens (tertiary/aromatic N) is 1. The fraction of sp³-hybridized carbons (Fsp3) is 0.125. The summed E-state index contributed by atoms with van der Waals surface area (Å²) in [5.41, 5.74) is 4.60. The summed E-state index contributed by atoms with van der Waals surface area (Å²) in [7, 11) is 3.16. The van der Waals surface area contributed by atoms with Crippen LogP contribution < -0.4 is 15.4 Å². The predicted octanol–water partition coefficient (Wildman–Crippen LogP) is 3.53. The first-order valence-electron chi connectivity index (χ1n) is 9.81. The highest BCUT2D eigenvalue weighted by Crippen LogP contribution is 2.29. The second-order valence-corrected chi connectivity index (χ2v) is 6.96. The Morgan fingerprint density at radius 3 is 2.52 bits per heavy atom. The number of aromatic nitrogens is 2. The van der Waals surface area contributed by atoms with Crippen LogP contribution in [-0.4, -0.2) is 35.9 Å². The lowest BCUT2D eigenvalue weighted by Gasteiger charge is -2.08. The minimum absolute atomic E-state index is 0.167. The molecule has 0 saturated heterocycles. The molecule has 0 saturated carbocycles. The molecule has 0 bridgehead atoms. The average molecular weight is 414 g/mol. The minimum Gasteiger partial charge on any atom is -0.481 e. The van der Waals surface area contributed by atoms with Gasteiger partial charge in [-0.15, -0.1) is 0 Å². The van der Waals surface area contributed by atoms with Gasteiger partial charge in [-0.05, 0) is 41.5 Å². The van der Waals surface area contributed by atoms with Crippen LogP contribution in [0.4, 0.5) is 0 Å². The zero-order valence-electron chi connectivity index (χ0n) is 17.2. The lowest BCUT2D eigenvalue weighted by atomic mass is 10.00. The predicted molar refractivity (Wildman–Crippen MR) is 119 cm³/mol. The standard InChI is InChI=1S/C24H22N4O3/c1-25-24(30)21-13-19-18(6-4-7-20(19)28-21)15-9-11-16(12-10-15)23(29)26-14-17-5-3-8-22(27-17)31-2/h3-13,28H,14H2,1-2H3,(H,25,30)(H,26,29). The molecule has 0 unspecified atom stereocenters. The van der Waals surface area contributed by atoms with Crippen molar-refractivity contribution < 1.29 is 14.3 Å². The van der Waals surface area contributed by atoms with E-state index in [1.807, 2.05) is 48.5 Å². The Kier molecular flexibility index (Phi) is 5.66. The largest absolute Gasteiger partial charge is 0.481 e. The van der Waals surface area contributed by atoms with Gasteiger partial charge in [-0.25, -0.2) is 4.98 Å². The molecule has 0 atom stereocenters. The van der Waals surface area contributed by atoms with E-state index in [0.717, 1.165) is 27.7 Å². The molecule has 2 amide bonds. The monoisotopic (exact) mass is 414 g/mol. The first kappa shape index (κ1) is 20.2. The molecule has 3 N–H and O–H groups in total. The number of benzene rings is 2. The third-order valence-electron chi connectivity index (χ3n) is 5.01. The molecule has 4 rings (SSSR count). The Morgan fingerprint density at radius 2 is 1.77 bits per heavy atom. The third kappa shape index (κ3) is 4.25. The van der Waals surface area contributed by atoms with Gasteiger partial charge in [0.05, 0.1) is 19.3 Å². The van der Waals surface area contributed by atoms with E-state index in [9.17, 15) is 9.59 Å². The number of amides is 2. The molecule has 0 radical (unpaired) electrons. The molecular formula is C24H22N4O3. The van der Waals surface area contributed by atoms with Crippen LogP contribution in [0.25, 0.3) is 22.0 Å². The highest BCUT2D eigenvalue weighted by Gasteiger charge is 2.12. The molecule has 0 aliphatic carbocycles. The van der Waals surface area contributed by atoms with Crippen molar-refractivity contribution in [3.63, 3.8) is 0 Å². The summed E-state index contributed by atoms with van der Waals surface area (Å²) in [5, 5.41) is 6.44. The topological polar surface area (TPSA) is 96.1 Å². The average Bonchev–Trinajstić information content (AvgIpc) is 3.27. The van der Waals surface area contributed by atoms with Crippen molar-refractivity contribution in [2.24, 2.45) is 0 Å². The Hall–Kier alpha value is -4.13. The molecule has 0 spiro atoms. The van der Waals surface area contributed by atoms with Gasteiger partial charge in [0.25, 0.3) is 11.8 Å². The highest BCUT2D eigenvalue weighted by molar-refractivity contribution is 6.03. The molecule has 2 heterocycles. The number of hydrogen-bond acceptors (Lipinski definition) is 4. The molecule has 2 aromatic carbocycles. The molecule has 4 aromatic rings. The molecule has 0 aliphatic heterocycles. The van der Waals surface area contributed by atoms with E-state index >= 15 is 0 Å². The van der Waals surface area contributed by atoms with E-state index in [0.29, 0.717) is 23.7 Å². The number of ether oxygens (including phenoxy) is 1. The van der Waals surface area contributed by atoms with E-state index in [2.05, 4.69) is 20.6 Å². The van der Waals surface area contributed by atoms with Crippen molar-refractivity contribution in [1.82, 2.24) is 20.6 Å². The maximum atomic E-state index is 12.5. The van der Waals surface area contributed by atoms with Gasteiger partial charge in [0.1, 0.15) is 5.69 Å². The van der Waals surface area contributed by atoms with Gasteiger partial charge < -0.3 is 20.4 Å². The smallest absolute Gasteiger partial charge is 0.267 e. The number of hydrogen-bond donors (Lipinski definition) is 3. The minimum atomic E-state index is -0.182. The van der Waals surface area contributed by atoms with Gasteiger partial charge in [-0.2, -0.15) is 0 Å². The van der Waals surface area contributed by atoms with Crippen LogP contribution in [0.3, 0.4) is 0 Å².